The van der Waals surface area contributed by atoms with E-state index in [0.29, 0.717) is 0 Å². The molecule has 0 amide bonds. The Kier molecular flexibility index (Phi) is 6.27. The van der Waals surface area contributed by atoms with Crippen molar-refractivity contribution in [1.29, 1.82) is 0 Å². The van der Waals surface area contributed by atoms with Crippen LogP contribution >= 0.6 is 0 Å². The molecule has 0 saturated heterocycles. The molecule has 0 heterocycles. The van der Waals surface area contributed by atoms with Crippen LogP contribution in [-0.4, -0.2) is 0 Å². The molecule has 0 aliphatic heterocycles. The Morgan fingerprint density at radius 1 is 0.419 bits per heavy atom. The Balaban J connectivity index is 0.000000144. The van der Waals surface area contributed by atoms with Gasteiger partial charge in [-0.1, -0.05) is 99.5 Å². The van der Waals surface area contributed by atoms with Crippen LogP contribution in [0.4, 0.5) is 0 Å². The molecule has 31 heavy (non-hydrogen) atoms. The monoisotopic (exact) mass is 445 g/mol. The zero-order valence-electron chi connectivity index (χ0n) is 18.0. The number of hydrogen-bond acceptors (Lipinski definition) is 0. The summed E-state index contributed by atoms with van der Waals surface area (Å²) in [5.74, 6) is 0. The molecule has 0 aromatic heterocycles. The van der Waals surface area contributed by atoms with Gasteiger partial charge in [0.05, 0.1) is 0 Å². The summed E-state index contributed by atoms with van der Waals surface area (Å²) in [6.45, 7) is 4.46. The van der Waals surface area contributed by atoms with E-state index in [2.05, 4.69) is 111 Å². The van der Waals surface area contributed by atoms with Crippen molar-refractivity contribution in [2.75, 3.05) is 0 Å². The predicted octanol–water partition coefficient (Wildman–Crippen LogP) is 8.55. The number of benzene rings is 4. The summed E-state index contributed by atoms with van der Waals surface area (Å²) < 4.78 is 0. The largest absolute Gasteiger partial charge is 2.00 e. The van der Waals surface area contributed by atoms with Crippen LogP contribution in [0.25, 0.3) is 43.1 Å². The third kappa shape index (κ3) is 3.58. The minimum absolute atomic E-state index is 0. The van der Waals surface area contributed by atoms with Crippen molar-refractivity contribution in [3.63, 3.8) is 0 Å². The Bertz CT molecular complexity index is 1240. The van der Waals surface area contributed by atoms with Gasteiger partial charge < -0.3 is 0 Å². The summed E-state index contributed by atoms with van der Waals surface area (Å²) in [6.07, 6.45) is 2.21. The molecule has 0 N–H and O–H groups in total. The van der Waals surface area contributed by atoms with Gasteiger partial charge in [0.15, 0.2) is 0 Å². The first-order chi connectivity index (χ1) is 14.8. The fourth-order valence-electron chi connectivity index (χ4n) is 4.98. The van der Waals surface area contributed by atoms with Gasteiger partial charge in [0, 0.05) is 0 Å². The zero-order valence-corrected chi connectivity index (χ0v) is 19.0. The van der Waals surface area contributed by atoms with Gasteiger partial charge in [-0.15, -0.1) is 78.5 Å². The van der Waals surface area contributed by atoms with E-state index in [1.165, 1.54) is 54.2 Å². The van der Waals surface area contributed by atoms with Crippen molar-refractivity contribution in [2.24, 2.45) is 0 Å². The van der Waals surface area contributed by atoms with Gasteiger partial charge in [-0.05, 0) is 0 Å². The van der Waals surface area contributed by atoms with Gasteiger partial charge >= 0.3 is 16.8 Å². The van der Waals surface area contributed by atoms with E-state index in [0.717, 1.165) is 12.8 Å². The molecule has 6 rings (SSSR count). The second-order valence-electron chi connectivity index (χ2n) is 7.85. The molecule has 0 spiro atoms. The van der Waals surface area contributed by atoms with Crippen LogP contribution in [0.1, 0.15) is 25.0 Å². The van der Waals surface area contributed by atoms with Crippen molar-refractivity contribution < 1.29 is 16.8 Å². The maximum atomic E-state index is 2.23. The van der Waals surface area contributed by atoms with E-state index in [9.17, 15) is 0 Å². The molecule has 0 aliphatic rings. The van der Waals surface area contributed by atoms with Crippen LogP contribution in [0.3, 0.4) is 0 Å². The number of rotatable bonds is 2. The zero-order chi connectivity index (χ0) is 20.5. The molecule has 0 aliphatic carbocycles. The molecule has 0 atom stereocenters. The van der Waals surface area contributed by atoms with Gasteiger partial charge in [0.1, 0.15) is 0 Å². The Morgan fingerprint density at radius 2 is 0.645 bits per heavy atom. The van der Waals surface area contributed by atoms with Crippen LogP contribution in [0.5, 0.6) is 0 Å². The first-order valence-corrected chi connectivity index (χ1v) is 10.9. The third-order valence-electron chi connectivity index (χ3n) is 6.30. The van der Waals surface area contributed by atoms with Crippen molar-refractivity contribution in [1.82, 2.24) is 0 Å². The van der Waals surface area contributed by atoms with Gasteiger partial charge in [0.2, 0.25) is 0 Å². The van der Waals surface area contributed by atoms with Crippen LogP contribution in [-0.2, 0) is 29.6 Å². The van der Waals surface area contributed by atoms with Crippen LogP contribution < -0.4 is 0 Å². The molecular weight excluding hydrogens is 419 g/mol. The Morgan fingerprint density at radius 3 is 0.871 bits per heavy atom. The quantitative estimate of drug-likeness (QED) is 0.234. The normalized spacial score (nSPS) is 10.9. The average Bonchev–Trinajstić information content (AvgIpc) is 3.32. The predicted molar refractivity (Wildman–Crippen MR) is 133 cm³/mol. The molecular formula is C30H26Co. The fourth-order valence-corrected chi connectivity index (χ4v) is 4.98. The summed E-state index contributed by atoms with van der Waals surface area (Å²) in [7, 11) is 0. The third-order valence-corrected chi connectivity index (χ3v) is 6.30. The van der Waals surface area contributed by atoms with E-state index in [-0.39, 0.29) is 16.8 Å². The maximum absolute atomic E-state index is 2.23. The van der Waals surface area contributed by atoms with Gasteiger partial charge in [-0.2, -0.15) is 0 Å². The van der Waals surface area contributed by atoms with Crippen molar-refractivity contribution in [3.05, 3.63) is 108 Å². The first-order valence-electron chi connectivity index (χ1n) is 10.9. The van der Waals surface area contributed by atoms with E-state index in [1.807, 2.05) is 0 Å². The number of hydrogen-bond donors (Lipinski definition) is 0. The van der Waals surface area contributed by atoms with Crippen LogP contribution in [0.2, 0.25) is 0 Å². The van der Waals surface area contributed by atoms with Crippen molar-refractivity contribution >= 4 is 43.1 Å². The summed E-state index contributed by atoms with van der Waals surface area (Å²) >= 11 is 0. The molecule has 0 nitrogen and oxygen atoms in total. The van der Waals surface area contributed by atoms with E-state index < -0.39 is 0 Å². The van der Waals surface area contributed by atoms with Crippen molar-refractivity contribution in [3.8, 4) is 0 Å². The summed E-state index contributed by atoms with van der Waals surface area (Å²) in [5.41, 5.74) is 2.97. The van der Waals surface area contributed by atoms with Crippen molar-refractivity contribution in [2.45, 2.75) is 26.7 Å². The van der Waals surface area contributed by atoms with Gasteiger partial charge in [-0.25, -0.2) is 0 Å². The van der Waals surface area contributed by atoms with Crippen LogP contribution in [0.15, 0.2) is 97.1 Å². The van der Waals surface area contributed by atoms with E-state index >= 15 is 0 Å². The molecule has 6 aromatic carbocycles. The molecule has 1 heteroatoms. The SMILES string of the molecule is CC[c-]1c2ccccc2c2ccccc21.CC[c-]1c2ccccc2c2ccccc21.[Co+2]. The molecule has 0 fully saturated rings. The Labute approximate surface area is 194 Å². The molecule has 0 bridgehead atoms. The average molecular weight is 445 g/mol. The van der Waals surface area contributed by atoms with Crippen LogP contribution in [0, 0.1) is 0 Å². The summed E-state index contributed by atoms with van der Waals surface area (Å²) in [4.78, 5) is 0. The van der Waals surface area contributed by atoms with E-state index in [1.54, 1.807) is 0 Å². The second kappa shape index (κ2) is 9.09. The number of aryl methyl sites for hydroxylation is 2. The molecule has 0 unspecified atom stereocenters. The van der Waals surface area contributed by atoms with E-state index in [4.69, 9.17) is 0 Å². The minimum Gasteiger partial charge on any atom is -0.120 e. The standard InChI is InChI=1S/2C15H13.Co/c2*1-2-11-12-7-3-5-9-14(12)15-10-6-4-8-13(11)15;/h2*3-10H,2H2,1H3;/q2*-1;+2. The minimum atomic E-state index is 0. The van der Waals surface area contributed by atoms with Gasteiger partial charge in [0.25, 0.3) is 0 Å². The molecule has 0 saturated carbocycles. The maximum Gasteiger partial charge on any atom is 2.00 e. The van der Waals surface area contributed by atoms with Gasteiger partial charge in [-0.3, -0.25) is 0 Å². The topological polar surface area (TPSA) is 0 Å². The smallest absolute Gasteiger partial charge is 0.120 e. The molecule has 1 radical (unpaired) electrons. The summed E-state index contributed by atoms with van der Waals surface area (Å²) in [5, 5.41) is 11.2. The number of fused-ring (bicyclic) bond motifs is 6. The first kappa shape index (κ1) is 21.4. The molecule has 6 aromatic rings. The fraction of sp³-hybridized carbons (Fsp3) is 0.133. The Hall–Kier alpha value is -2.87. The summed E-state index contributed by atoms with van der Waals surface area (Å²) in [6, 6.07) is 34.8. The molecule has 155 valence electrons. The second-order valence-corrected chi connectivity index (χ2v) is 7.85.